The fourth-order valence-corrected chi connectivity index (χ4v) is 3.09. The maximum Gasteiger partial charge on any atom is 0.336 e. The highest BCUT2D eigenvalue weighted by molar-refractivity contribution is 5.91. The molecule has 9 nitrogen and oxygen atoms in total. The number of aliphatic carboxylic acids is 1. The third kappa shape index (κ3) is 5.51. The summed E-state index contributed by atoms with van der Waals surface area (Å²) in [5, 5.41) is 15.0. The van der Waals surface area contributed by atoms with Crippen molar-refractivity contribution in [1.29, 1.82) is 0 Å². The molecule has 0 radical (unpaired) electrons. The first-order valence-electron chi connectivity index (χ1n) is 9.79. The smallest absolute Gasteiger partial charge is 0.336 e. The number of nitrogens with one attached hydrogen (secondary N) is 2. The van der Waals surface area contributed by atoms with E-state index in [1.54, 1.807) is 49.4 Å². The Morgan fingerprint density at radius 2 is 1.78 bits per heavy atom. The Kier molecular flexibility index (Phi) is 6.89. The number of ether oxygens (including phenoxy) is 1. The van der Waals surface area contributed by atoms with Gasteiger partial charge in [-0.05, 0) is 37.1 Å². The lowest BCUT2D eigenvalue weighted by Gasteiger charge is -2.19. The minimum atomic E-state index is -1.24. The first-order chi connectivity index (χ1) is 15.2. The molecule has 0 saturated heterocycles. The van der Waals surface area contributed by atoms with Crippen LogP contribution < -0.4 is 21.0 Å². The molecule has 0 spiro atoms. The van der Waals surface area contributed by atoms with Crippen LogP contribution >= 0.6 is 0 Å². The summed E-state index contributed by atoms with van der Waals surface area (Å²) in [6, 6.07) is 12.2. The van der Waals surface area contributed by atoms with Gasteiger partial charge in [-0.1, -0.05) is 30.3 Å². The Bertz CT molecular complexity index is 1200. The molecule has 1 heterocycles. The predicted octanol–water partition coefficient (Wildman–Crippen LogP) is 1.93. The van der Waals surface area contributed by atoms with Crippen molar-refractivity contribution in [2.45, 2.75) is 25.9 Å². The number of fused-ring (bicyclic) bond motifs is 1. The summed E-state index contributed by atoms with van der Waals surface area (Å²) < 4.78 is 10.6. The molecule has 3 rings (SSSR count). The van der Waals surface area contributed by atoms with Crippen LogP contribution in [0.2, 0.25) is 0 Å². The Balaban J connectivity index is 1.57. The second kappa shape index (κ2) is 9.78. The van der Waals surface area contributed by atoms with E-state index in [0.717, 1.165) is 10.9 Å². The van der Waals surface area contributed by atoms with Gasteiger partial charge < -0.3 is 24.9 Å². The van der Waals surface area contributed by atoms with E-state index in [-0.39, 0.29) is 6.61 Å². The molecular formula is C23H22N2O7. The molecule has 0 bridgehead atoms. The average molecular weight is 438 g/mol. The van der Waals surface area contributed by atoms with E-state index in [1.807, 2.05) is 0 Å². The quantitative estimate of drug-likeness (QED) is 0.457. The molecule has 0 saturated carbocycles. The molecule has 3 aromatic rings. The molecule has 1 aromatic heterocycles. The highest BCUT2D eigenvalue weighted by Crippen LogP contribution is 2.22. The molecule has 0 unspecified atom stereocenters. The number of carbonyl (C=O) groups excluding carboxylic acids is 2. The molecule has 0 fully saturated rings. The van der Waals surface area contributed by atoms with Crippen molar-refractivity contribution < 1.29 is 28.6 Å². The van der Waals surface area contributed by atoms with Crippen LogP contribution in [0.3, 0.4) is 0 Å². The van der Waals surface area contributed by atoms with Crippen molar-refractivity contribution in [2.75, 3.05) is 6.61 Å². The summed E-state index contributed by atoms with van der Waals surface area (Å²) in [5.41, 5.74) is 1.02. The van der Waals surface area contributed by atoms with Crippen molar-refractivity contribution in [3.63, 3.8) is 0 Å². The average Bonchev–Trinajstić information content (AvgIpc) is 2.75. The van der Waals surface area contributed by atoms with Gasteiger partial charge in [0.05, 0.1) is 0 Å². The number of carbonyl (C=O) groups is 3. The number of benzene rings is 2. The molecule has 9 heteroatoms. The summed E-state index contributed by atoms with van der Waals surface area (Å²) in [7, 11) is 0. The van der Waals surface area contributed by atoms with Crippen LogP contribution in [0.25, 0.3) is 11.0 Å². The van der Waals surface area contributed by atoms with Gasteiger partial charge in [-0.25, -0.2) is 9.59 Å². The lowest BCUT2D eigenvalue weighted by molar-refractivity contribution is -0.142. The zero-order valence-corrected chi connectivity index (χ0v) is 17.5. The molecule has 166 valence electrons. The van der Waals surface area contributed by atoms with E-state index in [4.69, 9.17) is 9.15 Å². The lowest BCUT2D eigenvalue weighted by Crippen LogP contribution is -2.48. The van der Waals surface area contributed by atoms with E-state index in [1.165, 1.54) is 19.1 Å². The molecular weight excluding hydrogens is 416 g/mol. The number of rotatable bonds is 8. The van der Waals surface area contributed by atoms with E-state index < -0.39 is 35.5 Å². The summed E-state index contributed by atoms with van der Waals surface area (Å²) in [5.74, 6) is -2.14. The van der Waals surface area contributed by atoms with Crippen LogP contribution in [0.4, 0.5) is 0 Å². The molecule has 0 aliphatic carbocycles. The SMILES string of the molecule is Cc1cc(=O)oc2cc(OCC(=O)N[C@@H](C)C(=O)N[C@H](C(=O)O)c3ccccc3)ccc12. The Morgan fingerprint density at radius 1 is 1.06 bits per heavy atom. The second-order valence-corrected chi connectivity index (χ2v) is 7.17. The first-order valence-corrected chi connectivity index (χ1v) is 9.79. The number of aryl methyl sites for hydroxylation is 1. The Hall–Kier alpha value is -4.14. The largest absolute Gasteiger partial charge is 0.484 e. The summed E-state index contributed by atoms with van der Waals surface area (Å²) in [6.45, 7) is 2.83. The van der Waals surface area contributed by atoms with Crippen molar-refractivity contribution in [3.05, 3.63) is 76.1 Å². The predicted molar refractivity (Wildman–Crippen MR) is 115 cm³/mol. The van der Waals surface area contributed by atoms with E-state index in [0.29, 0.717) is 16.9 Å². The van der Waals surface area contributed by atoms with Crippen LogP contribution in [0.15, 0.2) is 63.8 Å². The van der Waals surface area contributed by atoms with Crippen LogP contribution in [-0.2, 0) is 14.4 Å². The van der Waals surface area contributed by atoms with Crippen LogP contribution in [-0.4, -0.2) is 35.5 Å². The van der Waals surface area contributed by atoms with Gasteiger partial charge in [-0.2, -0.15) is 0 Å². The minimum Gasteiger partial charge on any atom is -0.484 e. The van der Waals surface area contributed by atoms with Crippen molar-refractivity contribution in [1.82, 2.24) is 10.6 Å². The fraction of sp³-hybridized carbons (Fsp3) is 0.217. The van der Waals surface area contributed by atoms with Gasteiger partial charge in [-0.3, -0.25) is 9.59 Å². The number of hydrogen-bond donors (Lipinski definition) is 3. The Morgan fingerprint density at radius 3 is 2.47 bits per heavy atom. The lowest BCUT2D eigenvalue weighted by atomic mass is 10.1. The van der Waals surface area contributed by atoms with E-state index in [2.05, 4.69) is 10.6 Å². The Labute approximate surface area is 183 Å². The monoisotopic (exact) mass is 438 g/mol. The standard InChI is InChI=1S/C23H22N2O7/c1-13-10-20(27)32-18-11-16(8-9-17(13)18)31-12-19(26)24-14(2)22(28)25-21(23(29)30)15-6-4-3-5-7-15/h3-11,14,21H,12H2,1-2H3,(H,24,26)(H,25,28)(H,29,30)/t14-,21-/m0/s1. The molecule has 0 aliphatic heterocycles. The topological polar surface area (TPSA) is 135 Å². The van der Waals surface area contributed by atoms with Crippen LogP contribution in [0.1, 0.15) is 24.1 Å². The van der Waals surface area contributed by atoms with E-state index in [9.17, 15) is 24.3 Å². The molecule has 3 N–H and O–H groups in total. The zero-order valence-electron chi connectivity index (χ0n) is 17.5. The highest BCUT2D eigenvalue weighted by Gasteiger charge is 2.25. The van der Waals surface area contributed by atoms with Gasteiger partial charge in [0.15, 0.2) is 12.6 Å². The van der Waals surface area contributed by atoms with Gasteiger partial charge in [0.25, 0.3) is 5.91 Å². The second-order valence-electron chi connectivity index (χ2n) is 7.17. The normalized spacial score (nSPS) is 12.6. The van der Waals surface area contributed by atoms with Gasteiger partial charge in [0.2, 0.25) is 5.91 Å². The molecule has 0 aliphatic rings. The van der Waals surface area contributed by atoms with Crippen molar-refractivity contribution in [3.8, 4) is 5.75 Å². The maximum atomic E-state index is 12.4. The molecule has 2 atom stereocenters. The van der Waals surface area contributed by atoms with Crippen LogP contribution in [0.5, 0.6) is 5.75 Å². The zero-order chi connectivity index (χ0) is 23.3. The van der Waals surface area contributed by atoms with Gasteiger partial charge in [0.1, 0.15) is 17.4 Å². The number of hydrogen-bond acceptors (Lipinski definition) is 6. The fourth-order valence-electron chi connectivity index (χ4n) is 3.09. The number of carboxylic acid groups (broad SMARTS) is 1. The maximum absolute atomic E-state index is 12.4. The molecule has 2 amide bonds. The van der Waals surface area contributed by atoms with Crippen molar-refractivity contribution in [2.24, 2.45) is 0 Å². The third-order valence-corrected chi connectivity index (χ3v) is 4.73. The van der Waals surface area contributed by atoms with E-state index >= 15 is 0 Å². The third-order valence-electron chi connectivity index (χ3n) is 4.73. The van der Waals surface area contributed by atoms with Gasteiger partial charge in [-0.15, -0.1) is 0 Å². The summed E-state index contributed by atoms with van der Waals surface area (Å²) in [4.78, 5) is 47.6. The first kappa shape index (κ1) is 22.5. The van der Waals surface area contributed by atoms with Gasteiger partial charge in [0, 0.05) is 17.5 Å². The molecule has 32 heavy (non-hydrogen) atoms. The number of amides is 2. The van der Waals surface area contributed by atoms with Crippen molar-refractivity contribution >= 4 is 28.8 Å². The minimum absolute atomic E-state index is 0.313. The summed E-state index contributed by atoms with van der Waals surface area (Å²) >= 11 is 0. The highest BCUT2D eigenvalue weighted by atomic mass is 16.5. The molecule has 2 aromatic carbocycles. The van der Waals surface area contributed by atoms with Crippen LogP contribution in [0, 0.1) is 6.92 Å². The van der Waals surface area contributed by atoms with Gasteiger partial charge >= 0.3 is 11.6 Å². The summed E-state index contributed by atoms with van der Waals surface area (Å²) in [6.07, 6.45) is 0. The number of carboxylic acids is 1.